The molecule has 0 fully saturated rings. The number of rotatable bonds is 5. The van der Waals surface area contributed by atoms with Crippen LogP contribution >= 0.6 is 0 Å². The molecular formula is C20H19N5O. The van der Waals surface area contributed by atoms with E-state index in [1.807, 2.05) is 48.0 Å². The number of nitrogens with zero attached hydrogens (tertiary/aromatic N) is 4. The number of nitrogens with one attached hydrogen (secondary N) is 1. The van der Waals surface area contributed by atoms with E-state index >= 15 is 0 Å². The highest BCUT2D eigenvalue weighted by molar-refractivity contribution is 5.89. The highest BCUT2D eigenvalue weighted by atomic mass is 16.5. The second-order valence-corrected chi connectivity index (χ2v) is 5.91. The first-order valence-electron chi connectivity index (χ1n) is 8.51. The van der Waals surface area contributed by atoms with Crippen molar-refractivity contribution >= 4 is 22.5 Å². The van der Waals surface area contributed by atoms with E-state index in [1.54, 1.807) is 12.5 Å². The molecule has 0 atom stereocenters. The van der Waals surface area contributed by atoms with Crippen LogP contribution in [0.2, 0.25) is 0 Å². The summed E-state index contributed by atoms with van der Waals surface area (Å²) in [4.78, 5) is 8.82. The molecule has 2 aromatic carbocycles. The van der Waals surface area contributed by atoms with Crippen molar-refractivity contribution in [1.29, 1.82) is 0 Å². The number of para-hydroxylation sites is 2. The molecule has 130 valence electrons. The van der Waals surface area contributed by atoms with Crippen LogP contribution in [0.4, 0.5) is 11.5 Å². The molecular weight excluding hydrogens is 326 g/mol. The topological polar surface area (TPSA) is 64.9 Å². The Balaban J connectivity index is 1.76. The van der Waals surface area contributed by atoms with E-state index in [4.69, 9.17) is 4.74 Å². The van der Waals surface area contributed by atoms with Crippen LogP contribution in [0.15, 0.2) is 61.1 Å². The van der Waals surface area contributed by atoms with Crippen LogP contribution in [-0.4, -0.2) is 26.4 Å². The first-order valence-corrected chi connectivity index (χ1v) is 8.51. The molecule has 0 aliphatic heterocycles. The van der Waals surface area contributed by atoms with Gasteiger partial charge in [0.25, 0.3) is 0 Å². The van der Waals surface area contributed by atoms with Gasteiger partial charge < -0.3 is 10.1 Å². The second-order valence-electron chi connectivity index (χ2n) is 5.91. The second kappa shape index (κ2) is 6.84. The maximum absolute atomic E-state index is 5.68. The van der Waals surface area contributed by atoms with Gasteiger partial charge in [0.05, 0.1) is 29.6 Å². The van der Waals surface area contributed by atoms with Gasteiger partial charge in [-0.15, -0.1) is 0 Å². The summed E-state index contributed by atoms with van der Waals surface area (Å²) in [6.45, 7) is 4.62. The van der Waals surface area contributed by atoms with Crippen molar-refractivity contribution in [2.24, 2.45) is 0 Å². The molecule has 0 saturated carbocycles. The van der Waals surface area contributed by atoms with Crippen LogP contribution in [0.25, 0.3) is 16.7 Å². The van der Waals surface area contributed by atoms with Gasteiger partial charge in [0.1, 0.15) is 17.9 Å². The van der Waals surface area contributed by atoms with Crippen LogP contribution in [-0.2, 0) is 0 Å². The lowest BCUT2D eigenvalue weighted by molar-refractivity contribution is 0.342. The summed E-state index contributed by atoms with van der Waals surface area (Å²) in [6.07, 6.45) is 3.32. The zero-order valence-electron chi connectivity index (χ0n) is 14.7. The van der Waals surface area contributed by atoms with Gasteiger partial charge in [-0.25, -0.2) is 14.6 Å². The Bertz CT molecular complexity index is 1060. The van der Waals surface area contributed by atoms with E-state index in [2.05, 4.69) is 39.4 Å². The number of ether oxygens (including phenoxy) is 1. The molecule has 0 spiro atoms. The van der Waals surface area contributed by atoms with E-state index < -0.39 is 0 Å². The molecule has 0 aliphatic carbocycles. The predicted octanol–water partition coefficient (Wildman–Crippen LogP) is 4.27. The number of hydrogen-bond acceptors (Lipinski definition) is 5. The van der Waals surface area contributed by atoms with Gasteiger partial charge in [-0.2, -0.15) is 5.10 Å². The van der Waals surface area contributed by atoms with Crippen molar-refractivity contribution in [3.8, 4) is 11.4 Å². The van der Waals surface area contributed by atoms with Crippen LogP contribution < -0.4 is 10.1 Å². The minimum Gasteiger partial charge on any atom is -0.492 e. The van der Waals surface area contributed by atoms with Gasteiger partial charge >= 0.3 is 0 Å². The molecule has 2 heterocycles. The van der Waals surface area contributed by atoms with Crippen molar-refractivity contribution in [2.45, 2.75) is 13.8 Å². The Morgan fingerprint density at radius 2 is 1.96 bits per heavy atom. The molecule has 0 aliphatic rings. The maximum Gasteiger partial charge on any atom is 0.168 e. The minimum atomic E-state index is 0.600. The molecule has 4 rings (SSSR count). The highest BCUT2D eigenvalue weighted by Gasteiger charge is 2.12. The van der Waals surface area contributed by atoms with E-state index in [9.17, 15) is 0 Å². The van der Waals surface area contributed by atoms with Crippen molar-refractivity contribution in [3.63, 3.8) is 0 Å². The third-order valence-electron chi connectivity index (χ3n) is 4.05. The van der Waals surface area contributed by atoms with Crippen LogP contribution in [0.5, 0.6) is 5.75 Å². The van der Waals surface area contributed by atoms with Gasteiger partial charge in [0, 0.05) is 0 Å². The summed E-state index contributed by atoms with van der Waals surface area (Å²) in [7, 11) is 0. The Hall–Kier alpha value is -3.41. The molecule has 6 nitrogen and oxygen atoms in total. The molecule has 0 bridgehead atoms. The lowest BCUT2D eigenvalue weighted by atomic mass is 10.2. The zero-order chi connectivity index (χ0) is 17.9. The molecule has 0 radical (unpaired) electrons. The Kier molecular flexibility index (Phi) is 4.23. The van der Waals surface area contributed by atoms with Gasteiger partial charge in [-0.05, 0) is 43.7 Å². The van der Waals surface area contributed by atoms with Crippen LogP contribution in [0.1, 0.15) is 12.5 Å². The molecule has 1 N–H and O–H groups in total. The molecule has 6 heteroatoms. The average molecular weight is 345 g/mol. The molecule has 2 aromatic heterocycles. The number of aromatic nitrogens is 4. The van der Waals surface area contributed by atoms with Crippen LogP contribution in [0.3, 0.4) is 0 Å². The summed E-state index contributed by atoms with van der Waals surface area (Å²) >= 11 is 0. The van der Waals surface area contributed by atoms with Gasteiger partial charge in [-0.1, -0.05) is 24.3 Å². The standard InChI is InChI=1S/C20H19N5O/c1-3-26-18-10-5-4-9-17(18)24-19-16-12-23-25(20(16)22-13-21-19)15-8-6-7-14(2)11-15/h4-13H,3H2,1-2H3,(H,21,22,24). The van der Waals surface area contributed by atoms with E-state index in [1.165, 1.54) is 5.56 Å². The van der Waals surface area contributed by atoms with Gasteiger partial charge in [0.2, 0.25) is 0 Å². The van der Waals surface area contributed by atoms with Crippen molar-refractivity contribution in [2.75, 3.05) is 11.9 Å². The fraction of sp³-hybridized carbons (Fsp3) is 0.150. The summed E-state index contributed by atoms with van der Waals surface area (Å²) in [5, 5.41) is 8.71. The molecule has 0 saturated heterocycles. The zero-order valence-corrected chi connectivity index (χ0v) is 14.7. The fourth-order valence-corrected chi connectivity index (χ4v) is 2.87. The number of anilines is 2. The predicted molar refractivity (Wildman–Crippen MR) is 102 cm³/mol. The molecule has 4 aromatic rings. The highest BCUT2D eigenvalue weighted by Crippen LogP contribution is 2.30. The van der Waals surface area contributed by atoms with E-state index in [0.717, 1.165) is 28.2 Å². The largest absolute Gasteiger partial charge is 0.492 e. The quantitative estimate of drug-likeness (QED) is 0.585. The van der Waals surface area contributed by atoms with E-state index in [0.29, 0.717) is 12.4 Å². The number of aryl methyl sites for hydroxylation is 1. The first-order chi connectivity index (χ1) is 12.8. The fourth-order valence-electron chi connectivity index (χ4n) is 2.87. The Morgan fingerprint density at radius 3 is 2.81 bits per heavy atom. The normalized spacial score (nSPS) is 10.8. The summed E-state index contributed by atoms with van der Waals surface area (Å²) in [5.74, 6) is 1.48. The minimum absolute atomic E-state index is 0.600. The summed E-state index contributed by atoms with van der Waals surface area (Å²) in [6, 6.07) is 16.0. The number of benzene rings is 2. The van der Waals surface area contributed by atoms with E-state index in [-0.39, 0.29) is 0 Å². The Labute approximate surface area is 151 Å². The molecule has 26 heavy (non-hydrogen) atoms. The maximum atomic E-state index is 5.68. The monoisotopic (exact) mass is 345 g/mol. The number of hydrogen-bond donors (Lipinski definition) is 1. The first kappa shape index (κ1) is 16.1. The lowest BCUT2D eigenvalue weighted by Gasteiger charge is -2.12. The van der Waals surface area contributed by atoms with Crippen LogP contribution in [0, 0.1) is 6.92 Å². The Morgan fingerprint density at radius 1 is 1.08 bits per heavy atom. The molecule has 0 amide bonds. The van der Waals surface area contributed by atoms with Crippen molar-refractivity contribution < 1.29 is 4.74 Å². The third-order valence-corrected chi connectivity index (χ3v) is 4.05. The third kappa shape index (κ3) is 2.97. The van der Waals surface area contributed by atoms with Crippen molar-refractivity contribution in [3.05, 3.63) is 66.6 Å². The number of fused-ring (bicyclic) bond motifs is 1. The van der Waals surface area contributed by atoms with Gasteiger partial charge in [-0.3, -0.25) is 0 Å². The van der Waals surface area contributed by atoms with Gasteiger partial charge in [0.15, 0.2) is 5.65 Å². The average Bonchev–Trinajstić information content (AvgIpc) is 3.09. The molecule has 0 unspecified atom stereocenters. The summed E-state index contributed by atoms with van der Waals surface area (Å²) < 4.78 is 7.51. The lowest BCUT2D eigenvalue weighted by Crippen LogP contribution is -2.01. The SMILES string of the molecule is CCOc1ccccc1Nc1ncnc2c1cnn2-c1cccc(C)c1. The smallest absolute Gasteiger partial charge is 0.168 e. The van der Waals surface area contributed by atoms with Crippen molar-refractivity contribution in [1.82, 2.24) is 19.7 Å². The summed E-state index contributed by atoms with van der Waals surface area (Å²) in [5.41, 5.74) is 3.75.